The lowest BCUT2D eigenvalue weighted by Crippen LogP contribution is -2.07. The lowest BCUT2D eigenvalue weighted by molar-refractivity contribution is -0.400. The summed E-state index contributed by atoms with van der Waals surface area (Å²) in [6.45, 7) is 6.37. The van der Waals surface area contributed by atoms with Crippen LogP contribution in [0, 0.1) is 10.1 Å². The third kappa shape index (κ3) is 2.96. The van der Waals surface area contributed by atoms with Gasteiger partial charge in [-0.05, 0) is 17.5 Å². The zero-order valence-electron chi connectivity index (χ0n) is 8.48. The molecule has 1 heterocycles. The molecule has 0 fully saturated rings. The molecule has 0 saturated carbocycles. The van der Waals surface area contributed by atoms with Crippen molar-refractivity contribution in [1.29, 1.82) is 0 Å². The third-order valence-electron chi connectivity index (χ3n) is 1.73. The van der Waals surface area contributed by atoms with E-state index in [2.05, 4.69) is 20.8 Å². The molecule has 0 saturated heterocycles. The lowest BCUT2D eigenvalue weighted by atomic mass is 9.95. The van der Waals surface area contributed by atoms with Crippen molar-refractivity contribution >= 4 is 17.4 Å². The van der Waals surface area contributed by atoms with Crippen LogP contribution in [-0.2, 0) is 5.41 Å². The molecule has 0 aliphatic heterocycles. The van der Waals surface area contributed by atoms with Crippen LogP contribution in [0.5, 0.6) is 0 Å². The predicted molar refractivity (Wildman–Crippen MR) is 59.0 cm³/mol. The monoisotopic (exact) mass is 211 g/mol. The quantitative estimate of drug-likeness (QED) is 0.556. The molecule has 0 spiro atoms. The first-order chi connectivity index (χ1) is 6.39. The minimum atomic E-state index is -0.448. The molecule has 0 amide bonds. The van der Waals surface area contributed by atoms with Gasteiger partial charge in [-0.1, -0.05) is 20.8 Å². The van der Waals surface area contributed by atoms with Crippen LogP contribution in [-0.4, -0.2) is 4.92 Å². The van der Waals surface area contributed by atoms with Gasteiger partial charge in [0, 0.05) is 15.8 Å². The van der Waals surface area contributed by atoms with Gasteiger partial charge in [-0.15, -0.1) is 11.3 Å². The topological polar surface area (TPSA) is 43.1 Å². The van der Waals surface area contributed by atoms with E-state index in [0.29, 0.717) is 0 Å². The second-order valence-corrected chi connectivity index (χ2v) is 5.17. The highest BCUT2D eigenvalue weighted by Crippen LogP contribution is 2.29. The van der Waals surface area contributed by atoms with E-state index >= 15 is 0 Å². The molecule has 0 atom stereocenters. The fourth-order valence-corrected chi connectivity index (χ4v) is 1.94. The molecule has 1 aromatic heterocycles. The van der Waals surface area contributed by atoms with Gasteiger partial charge in [-0.2, -0.15) is 0 Å². The molecule has 1 rings (SSSR count). The highest BCUT2D eigenvalue weighted by atomic mass is 32.1. The Hall–Kier alpha value is -1.16. The van der Waals surface area contributed by atoms with E-state index in [1.165, 1.54) is 11.0 Å². The van der Waals surface area contributed by atoms with E-state index in [4.69, 9.17) is 0 Å². The summed E-state index contributed by atoms with van der Waals surface area (Å²) in [6, 6.07) is 3.93. The summed E-state index contributed by atoms with van der Waals surface area (Å²) in [5.74, 6) is 0. The largest absolute Gasteiger partial charge is 0.259 e. The Balaban J connectivity index is 2.84. The number of rotatable bonds is 2. The van der Waals surface area contributed by atoms with Crippen molar-refractivity contribution in [2.24, 2.45) is 0 Å². The SMILES string of the molecule is CC(C)(C)c1ccc(/C=C/[N+](=O)[O-])s1. The summed E-state index contributed by atoms with van der Waals surface area (Å²) >= 11 is 1.59. The van der Waals surface area contributed by atoms with E-state index in [1.807, 2.05) is 12.1 Å². The Morgan fingerprint density at radius 2 is 2.07 bits per heavy atom. The van der Waals surface area contributed by atoms with Gasteiger partial charge in [0.25, 0.3) is 0 Å². The molecule has 0 aliphatic rings. The van der Waals surface area contributed by atoms with Gasteiger partial charge in [0.15, 0.2) is 0 Å². The molecule has 1 aromatic rings. The molecule has 0 aliphatic carbocycles. The van der Waals surface area contributed by atoms with E-state index < -0.39 is 4.92 Å². The van der Waals surface area contributed by atoms with Gasteiger partial charge >= 0.3 is 0 Å². The number of hydrogen-bond donors (Lipinski definition) is 0. The lowest BCUT2D eigenvalue weighted by Gasteiger charge is -2.14. The molecule has 0 bridgehead atoms. The van der Waals surface area contributed by atoms with Crippen LogP contribution in [0.2, 0.25) is 0 Å². The summed E-state index contributed by atoms with van der Waals surface area (Å²) in [6.07, 6.45) is 2.50. The molecular weight excluding hydrogens is 198 g/mol. The normalized spacial score (nSPS) is 12.2. The molecule has 4 heteroatoms. The zero-order chi connectivity index (χ0) is 10.8. The van der Waals surface area contributed by atoms with Gasteiger partial charge in [0.05, 0.1) is 4.92 Å². The zero-order valence-corrected chi connectivity index (χ0v) is 9.30. The first kappa shape index (κ1) is 10.9. The fourth-order valence-electron chi connectivity index (χ4n) is 0.980. The Morgan fingerprint density at radius 1 is 1.43 bits per heavy atom. The van der Waals surface area contributed by atoms with Crippen molar-refractivity contribution < 1.29 is 4.92 Å². The maximum Gasteiger partial charge on any atom is 0.235 e. The van der Waals surface area contributed by atoms with Crippen molar-refractivity contribution in [3.05, 3.63) is 38.2 Å². The van der Waals surface area contributed by atoms with Crippen LogP contribution in [0.15, 0.2) is 18.3 Å². The minimum absolute atomic E-state index is 0.116. The van der Waals surface area contributed by atoms with Crippen LogP contribution in [0.25, 0.3) is 6.08 Å². The van der Waals surface area contributed by atoms with Crippen molar-refractivity contribution in [2.75, 3.05) is 0 Å². The van der Waals surface area contributed by atoms with Crippen LogP contribution >= 0.6 is 11.3 Å². The Bertz CT molecular complexity index is 360. The van der Waals surface area contributed by atoms with Crippen molar-refractivity contribution in [3.8, 4) is 0 Å². The highest BCUT2D eigenvalue weighted by molar-refractivity contribution is 7.13. The molecule has 0 N–H and O–H groups in total. The van der Waals surface area contributed by atoms with Crippen LogP contribution in [0.3, 0.4) is 0 Å². The first-order valence-corrected chi connectivity index (χ1v) is 5.13. The molecule has 76 valence electrons. The van der Waals surface area contributed by atoms with Crippen molar-refractivity contribution in [2.45, 2.75) is 26.2 Å². The third-order valence-corrected chi connectivity index (χ3v) is 3.20. The van der Waals surface area contributed by atoms with Crippen LogP contribution in [0.1, 0.15) is 30.5 Å². The predicted octanol–water partition coefficient (Wildman–Crippen LogP) is 3.29. The van der Waals surface area contributed by atoms with Gasteiger partial charge in [-0.3, -0.25) is 10.1 Å². The number of thiophene rings is 1. The second-order valence-electron chi connectivity index (χ2n) is 4.05. The van der Waals surface area contributed by atoms with Gasteiger partial charge in [0.2, 0.25) is 6.20 Å². The second kappa shape index (κ2) is 3.92. The minimum Gasteiger partial charge on any atom is -0.259 e. The van der Waals surface area contributed by atoms with Crippen LogP contribution < -0.4 is 0 Å². The van der Waals surface area contributed by atoms with E-state index in [0.717, 1.165) is 11.1 Å². The van der Waals surface area contributed by atoms with Gasteiger partial charge in [-0.25, -0.2) is 0 Å². The van der Waals surface area contributed by atoms with Gasteiger partial charge < -0.3 is 0 Å². The average molecular weight is 211 g/mol. The summed E-state index contributed by atoms with van der Waals surface area (Å²) < 4.78 is 0. The molecule has 14 heavy (non-hydrogen) atoms. The van der Waals surface area contributed by atoms with Crippen molar-refractivity contribution in [1.82, 2.24) is 0 Å². The summed E-state index contributed by atoms with van der Waals surface area (Å²) in [5, 5.41) is 10.1. The summed E-state index contributed by atoms with van der Waals surface area (Å²) in [7, 11) is 0. The van der Waals surface area contributed by atoms with Crippen LogP contribution in [0.4, 0.5) is 0 Å². The molecular formula is C10H13NO2S. The molecule has 0 radical (unpaired) electrons. The molecule has 3 nitrogen and oxygen atoms in total. The van der Waals surface area contributed by atoms with E-state index in [1.54, 1.807) is 11.3 Å². The fraction of sp³-hybridized carbons (Fsp3) is 0.400. The summed E-state index contributed by atoms with van der Waals surface area (Å²) in [5.41, 5.74) is 0.116. The number of nitro groups is 1. The average Bonchev–Trinajstić information content (AvgIpc) is 2.47. The Kier molecular flexibility index (Phi) is 3.06. The maximum atomic E-state index is 10.1. The molecule has 0 aromatic carbocycles. The van der Waals surface area contributed by atoms with Gasteiger partial charge in [0.1, 0.15) is 0 Å². The van der Waals surface area contributed by atoms with E-state index in [-0.39, 0.29) is 5.41 Å². The maximum absolute atomic E-state index is 10.1. The summed E-state index contributed by atoms with van der Waals surface area (Å²) in [4.78, 5) is 11.8. The Labute approximate surface area is 87.2 Å². The highest BCUT2D eigenvalue weighted by Gasteiger charge is 2.15. The number of nitrogens with zero attached hydrogens (tertiary/aromatic N) is 1. The number of hydrogen-bond acceptors (Lipinski definition) is 3. The Morgan fingerprint density at radius 3 is 2.50 bits per heavy atom. The van der Waals surface area contributed by atoms with E-state index in [9.17, 15) is 10.1 Å². The first-order valence-electron chi connectivity index (χ1n) is 4.31. The standard InChI is InChI=1S/C10H13NO2S/c1-10(2,3)9-5-4-8(14-9)6-7-11(12)13/h4-7H,1-3H3/b7-6+. The smallest absolute Gasteiger partial charge is 0.235 e. The van der Waals surface area contributed by atoms with Crippen molar-refractivity contribution in [3.63, 3.8) is 0 Å². The molecule has 0 unspecified atom stereocenters.